The Bertz CT molecular complexity index is 519. The van der Waals surface area contributed by atoms with Gasteiger partial charge in [0.2, 0.25) is 0 Å². The zero-order chi connectivity index (χ0) is 13.1. The molecule has 0 spiro atoms. The van der Waals surface area contributed by atoms with Crippen molar-refractivity contribution < 1.29 is 0 Å². The maximum Gasteiger partial charge on any atom is 0.185 e. The maximum atomic E-state index is 4.55. The Morgan fingerprint density at radius 2 is 2.21 bits per heavy atom. The minimum atomic E-state index is 0.493. The Morgan fingerprint density at radius 3 is 2.84 bits per heavy atom. The average Bonchev–Trinajstić information content (AvgIpc) is 2.87. The van der Waals surface area contributed by atoms with Gasteiger partial charge in [-0.15, -0.1) is 11.3 Å². The summed E-state index contributed by atoms with van der Waals surface area (Å²) in [7, 11) is 0. The van der Waals surface area contributed by atoms with Crippen molar-refractivity contribution in [3.8, 4) is 0 Å². The minimum Gasteiger partial charge on any atom is -0.367 e. The molecule has 100 valence electrons. The molecule has 1 fully saturated rings. The number of anilines is 2. The van der Waals surface area contributed by atoms with Gasteiger partial charge in [-0.2, -0.15) is 0 Å². The Labute approximate surface area is 116 Å². The lowest BCUT2D eigenvalue weighted by molar-refractivity contribution is 0.524. The van der Waals surface area contributed by atoms with E-state index in [4.69, 9.17) is 0 Å². The number of aryl methyl sites for hydroxylation is 1. The summed E-state index contributed by atoms with van der Waals surface area (Å²) in [6, 6.07) is 2.41. The SMILES string of the molecule is Cc1csc(N2CCC(Nc3ccncn3)CC2)n1. The third kappa shape index (κ3) is 3.01. The van der Waals surface area contributed by atoms with E-state index in [2.05, 4.69) is 30.5 Å². The van der Waals surface area contributed by atoms with Crippen LogP contribution in [0.3, 0.4) is 0 Å². The van der Waals surface area contributed by atoms with Crippen LogP contribution >= 0.6 is 11.3 Å². The summed E-state index contributed by atoms with van der Waals surface area (Å²) in [6.07, 6.45) is 5.57. The Balaban J connectivity index is 1.55. The molecule has 0 saturated carbocycles. The molecule has 0 aliphatic carbocycles. The van der Waals surface area contributed by atoms with Crippen LogP contribution in [0.5, 0.6) is 0 Å². The molecule has 2 aromatic heterocycles. The number of hydrogen-bond acceptors (Lipinski definition) is 6. The van der Waals surface area contributed by atoms with Crippen LogP contribution in [0.4, 0.5) is 10.9 Å². The van der Waals surface area contributed by atoms with E-state index >= 15 is 0 Å². The Morgan fingerprint density at radius 1 is 1.37 bits per heavy atom. The minimum absolute atomic E-state index is 0.493. The van der Waals surface area contributed by atoms with Gasteiger partial charge in [0.15, 0.2) is 5.13 Å². The first-order valence-electron chi connectivity index (χ1n) is 6.51. The van der Waals surface area contributed by atoms with Crippen molar-refractivity contribution in [2.75, 3.05) is 23.3 Å². The smallest absolute Gasteiger partial charge is 0.185 e. The lowest BCUT2D eigenvalue weighted by atomic mass is 10.1. The molecule has 1 aliphatic rings. The molecule has 0 aromatic carbocycles. The Kier molecular flexibility index (Phi) is 3.59. The fourth-order valence-electron chi connectivity index (χ4n) is 2.29. The molecule has 1 N–H and O–H groups in total. The molecule has 2 aromatic rings. The van der Waals surface area contributed by atoms with E-state index in [1.807, 2.05) is 13.0 Å². The summed E-state index contributed by atoms with van der Waals surface area (Å²) >= 11 is 1.74. The molecule has 3 heterocycles. The first-order chi connectivity index (χ1) is 9.31. The second kappa shape index (κ2) is 5.52. The number of hydrogen-bond donors (Lipinski definition) is 1. The van der Waals surface area contributed by atoms with E-state index in [9.17, 15) is 0 Å². The second-order valence-electron chi connectivity index (χ2n) is 4.77. The first-order valence-corrected chi connectivity index (χ1v) is 7.39. The van der Waals surface area contributed by atoms with Gasteiger partial charge in [0, 0.05) is 30.7 Å². The van der Waals surface area contributed by atoms with Crippen LogP contribution in [0.1, 0.15) is 18.5 Å². The fraction of sp³-hybridized carbons (Fsp3) is 0.462. The molecule has 0 radical (unpaired) electrons. The highest BCUT2D eigenvalue weighted by Gasteiger charge is 2.21. The van der Waals surface area contributed by atoms with Crippen molar-refractivity contribution in [1.29, 1.82) is 0 Å². The van der Waals surface area contributed by atoms with Crippen molar-refractivity contribution in [2.24, 2.45) is 0 Å². The number of nitrogens with one attached hydrogen (secondary N) is 1. The molecular formula is C13H17N5S. The Hall–Kier alpha value is -1.69. The van der Waals surface area contributed by atoms with Crippen molar-refractivity contribution >= 4 is 22.3 Å². The predicted octanol–water partition coefficient (Wildman–Crippen LogP) is 2.32. The zero-order valence-corrected chi connectivity index (χ0v) is 11.7. The van der Waals surface area contributed by atoms with Crippen LogP contribution in [-0.4, -0.2) is 34.1 Å². The van der Waals surface area contributed by atoms with Crippen LogP contribution in [0.25, 0.3) is 0 Å². The van der Waals surface area contributed by atoms with Crippen LogP contribution in [0, 0.1) is 6.92 Å². The van der Waals surface area contributed by atoms with Crippen molar-refractivity contribution in [1.82, 2.24) is 15.0 Å². The first kappa shape index (κ1) is 12.3. The molecule has 0 amide bonds. The highest BCUT2D eigenvalue weighted by atomic mass is 32.1. The summed E-state index contributed by atoms with van der Waals surface area (Å²) < 4.78 is 0. The van der Waals surface area contributed by atoms with E-state index in [1.54, 1.807) is 23.9 Å². The van der Waals surface area contributed by atoms with Gasteiger partial charge in [0.25, 0.3) is 0 Å². The molecular weight excluding hydrogens is 258 g/mol. The predicted molar refractivity (Wildman–Crippen MR) is 77.7 cm³/mol. The topological polar surface area (TPSA) is 53.9 Å². The summed E-state index contributed by atoms with van der Waals surface area (Å²) in [5, 5.41) is 6.73. The van der Waals surface area contributed by atoms with Crippen LogP contribution in [0.15, 0.2) is 24.0 Å². The number of nitrogens with zero attached hydrogens (tertiary/aromatic N) is 4. The van der Waals surface area contributed by atoms with Gasteiger partial charge >= 0.3 is 0 Å². The van der Waals surface area contributed by atoms with Gasteiger partial charge in [-0.1, -0.05) is 0 Å². The number of aromatic nitrogens is 3. The number of rotatable bonds is 3. The lowest BCUT2D eigenvalue weighted by Crippen LogP contribution is -2.39. The largest absolute Gasteiger partial charge is 0.367 e. The third-order valence-electron chi connectivity index (χ3n) is 3.31. The van der Waals surface area contributed by atoms with Gasteiger partial charge in [0.1, 0.15) is 12.1 Å². The monoisotopic (exact) mass is 275 g/mol. The number of thiazole rings is 1. The summed E-state index contributed by atoms with van der Waals surface area (Å²) in [5.41, 5.74) is 1.11. The van der Waals surface area contributed by atoms with Gasteiger partial charge in [0.05, 0.1) is 5.69 Å². The van der Waals surface area contributed by atoms with Crippen LogP contribution in [-0.2, 0) is 0 Å². The lowest BCUT2D eigenvalue weighted by Gasteiger charge is -2.32. The van der Waals surface area contributed by atoms with E-state index in [1.165, 1.54) is 0 Å². The van der Waals surface area contributed by atoms with E-state index < -0.39 is 0 Å². The molecule has 1 saturated heterocycles. The summed E-state index contributed by atoms with van der Waals surface area (Å²) in [5.74, 6) is 0.915. The molecule has 0 unspecified atom stereocenters. The normalized spacial score (nSPS) is 16.6. The maximum absolute atomic E-state index is 4.55. The summed E-state index contributed by atoms with van der Waals surface area (Å²) in [6.45, 7) is 4.15. The van der Waals surface area contributed by atoms with Crippen molar-refractivity contribution in [2.45, 2.75) is 25.8 Å². The van der Waals surface area contributed by atoms with E-state index in [0.29, 0.717) is 6.04 Å². The second-order valence-corrected chi connectivity index (χ2v) is 5.61. The zero-order valence-electron chi connectivity index (χ0n) is 10.9. The molecule has 0 atom stereocenters. The van der Waals surface area contributed by atoms with Crippen molar-refractivity contribution in [3.63, 3.8) is 0 Å². The van der Waals surface area contributed by atoms with E-state index in [-0.39, 0.29) is 0 Å². The van der Waals surface area contributed by atoms with Gasteiger partial charge in [-0.3, -0.25) is 0 Å². The molecule has 19 heavy (non-hydrogen) atoms. The average molecular weight is 275 g/mol. The molecule has 6 heteroatoms. The molecule has 0 bridgehead atoms. The standard InChI is InChI=1S/C13H17N5S/c1-10-8-19-13(16-10)18-6-3-11(4-7-18)17-12-2-5-14-9-15-12/h2,5,8-9,11H,3-4,6-7H2,1H3,(H,14,15,17). The van der Waals surface area contributed by atoms with E-state index in [0.717, 1.165) is 42.6 Å². The van der Waals surface area contributed by atoms with Crippen LogP contribution < -0.4 is 10.2 Å². The number of piperidine rings is 1. The van der Waals surface area contributed by atoms with Gasteiger partial charge in [-0.25, -0.2) is 15.0 Å². The highest BCUT2D eigenvalue weighted by molar-refractivity contribution is 7.13. The highest BCUT2D eigenvalue weighted by Crippen LogP contribution is 2.24. The van der Waals surface area contributed by atoms with Gasteiger partial charge in [-0.05, 0) is 25.8 Å². The molecule has 5 nitrogen and oxygen atoms in total. The van der Waals surface area contributed by atoms with Crippen LogP contribution in [0.2, 0.25) is 0 Å². The van der Waals surface area contributed by atoms with Crippen molar-refractivity contribution in [3.05, 3.63) is 29.7 Å². The van der Waals surface area contributed by atoms with Gasteiger partial charge < -0.3 is 10.2 Å². The fourth-order valence-corrected chi connectivity index (χ4v) is 3.14. The molecule has 1 aliphatic heterocycles. The molecule has 3 rings (SSSR count). The quantitative estimate of drug-likeness (QED) is 0.931. The third-order valence-corrected chi connectivity index (χ3v) is 4.33. The summed E-state index contributed by atoms with van der Waals surface area (Å²) in [4.78, 5) is 15.1.